The van der Waals surface area contributed by atoms with Crippen LogP contribution in [0.5, 0.6) is 0 Å². The van der Waals surface area contributed by atoms with Crippen LogP contribution in [0.4, 0.5) is 5.69 Å². The minimum atomic E-state index is -3.82. The number of benzene rings is 1. The lowest BCUT2D eigenvalue weighted by molar-refractivity contribution is 0.0304. The second kappa shape index (κ2) is 6.92. The molecule has 0 radical (unpaired) electrons. The maximum Gasteiger partial charge on any atom is 0.265 e. The number of sulfonamides is 1. The van der Waals surface area contributed by atoms with E-state index < -0.39 is 10.0 Å². The summed E-state index contributed by atoms with van der Waals surface area (Å²) >= 11 is 1.14. The van der Waals surface area contributed by atoms with Crippen molar-refractivity contribution in [1.29, 1.82) is 0 Å². The van der Waals surface area contributed by atoms with E-state index in [-0.39, 0.29) is 15.7 Å². The number of hydrogen-bond donors (Lipinski definition) is 1. The Morgan fingerprint density at radius 3 is 2.50 bits per heavy atom. The van der Waals surface area contributed by atoms with Crippen molar-refractivity contribution in [3.63, 3.8) is 0 Å². The summed E-state index contributed by atoms with van der Waals surface area (Å²) in [6.45, 7) is 3.82. The summed E-state index contributed by atoms with van der Waals surface area (Å²) in [6, 6.07) is 8.51. The maximum absolute atomic E-state index is 12.7. The van der Waals surface area contributed by atoms with Gasteiger partial charge in [0.2, 0.25) is 0 Å². The molecule has 6 nitrogen and oxygen atoms in total. The van der Waals surface area contributed by atoms with Crippen molar-refractivity contribution in [2.24, 2.45) is 0 Å². The van der Waals surface area contributed by atoms with Crippen molar-refractivity contribution in [2.75, 3.05) is 31.0 Å². The normalized spacial score (nSPS) is 15.3. The van der Waals surface area contributed by atoms with E-state index in [4.69, 9.17) is 4.74 Å². The number of nitrogens with one attached hydrogen (secondary N) is 1. The van der Waals surface area contributed by atoms with Gasteiger partial charge in [0, 0.05) is 18.8 Å². The third kappa shape index (κ3) is 3.61. The van der Waals surface area contributed by atoms with E-state index in [1.165, 1.54) is 6.07 Å². The SMILES string of the molecule is Cc1ccc(NS(=O)(=O)c2ccsc2C(=O)N2CCOCC2)cc1. The lowest BCUT2D eigenvalue weighted by Gasteiger charge is -2.26. The Kier molecular flexibility index (Phi) is 4.88. The van der Waals surface area contributed by atoms with Crippen molar-refractivity contribution in [1.82, 2.24) is 4.90 Å². The molecule has 1 saturated heterocycles. The molecule has 24 heavy (non-hydrogen) atoms. The van der Waals surface area contributed by atoms with Gasteiger partial charge in [0.1, 0.15) is 9.77 Å². The van der Waals surface area contributed by atoms with Crippen LogP contribution in [0.25, 0.3) is 0 Å². The Bertz CT molecular complexity index is 822. The van der Waals surface area contributed by atoms with Gasteiger partial charge in [0.05, 0.1) is 13.2 Å². The highest BCUT2D eigenvalue weighted by Crippen LogP contribution is 2.26. The minimum Gasteiger partial charge on any atom is -0.378 e. The van der Waals surface area contributed by atoms with Gasteiger partial charge >= 0.3 is 0 Å². The molecule has 2 aromatic rings. The highest BCUT2D eigenvalue weighted by atomic mass is 32.2. The average Bonchev–Trinajstić information content (AvgIpc) is 3.07. The monoisotopic (exact) mass is 366 g/mol. The molecule has 0 atom stereocenters. The number of aryl methyl sites for hydroxylation is 1. The second-order valence-corrected chi connectivity index (χ2v) is 8.06. The first-order valence-electron chi connectivity index (χ1n) is 7.51. The lowest BCUT2D eigenvalue weighted by atomic mass is 10.2. The van der Waals surface area contributed by atoms with Gasteiger partial charge in [0.25, 0.3) is 15.9 Å². The second-order valence-electron chi connectivity index (χ2n) is 5.49. The van der Waals surface area contributed by atoms with Gasteiger partial charge in [-0.25, -0.2) is 8.42 Å². The van der Waals surface area contributed by atoms with Gasteiger partial charge in [-0.05, 0) is 30.5 Å². The molecule has 1 aliphatic rings. The number of hydrogen-bond acceptors (Lipinski definition) is 5. The van der Waals surface area contributed by atoms with E-state index in [1.54, 1.807) is 22.4 Å². The first-order valence-corrected chi connectivity index (χ1v) is 9.88. The van der Waals surface area contributed by atoms with E-state index in [0.29, 0.717) is 32.0 Å². The number of rotatable bonds is 4. The van der Waals surface area contributed by atoms with Gasteiger partial charge in [-0.2, -0.15) is 0 Å². The van der Waals surface area contributed by atoms with E-state index in [0.717, 1.165) is 16.9 Å². The quantitative estimate of drug-likeness (QED) is 0.901. The fourth-order valence-electron chi connectivity index (χ4n) is 2.41. The summed E-state index contributed by atoms with van der Waals surface area (Å²) in [4.78, 5) is 14.5. The first kappa shape index (κ1) is 16.9. The molecule has 0 spiro atoms. The molecular formula is C16H18N2O4S2. The Morgan fingerprint density at radius 1 is 1.17 bits per heavy atom. The number of morpholine rings is 1. The zero-order valence-electron chi connectivity index (χ0n) is 13.2. The van der Waals surface area contributed by atoms with Gasteiger partial charge < -0.3 is 9.64 Å². The molecule has 0 bridgehead atoms. The molecule has 1 aromatic heterocycles. The van der Waals surface area contributed by atoms with E-state index in [9.17, 15) is 13.2 Å². The highest BCUT2D eigenvalue weighted by molar-refractivity contribution is 7.93. The number of nitrogens with zero attached hydrogens (tertiary/aromatic N) is 1. The molecular weight excluding hydrogens is 348 g/mol. The topological polar surface area (TPSA) is 75.7 Å². The van der Waals surface area contributed by atoms with Gasteiger partial charge in [-0.1, -0.05) is 17.7 Å². The van der Waals surface area contributed by atoms with Crippen LogP contribution in [0.15, 0.2) is 40.6 Å². The maximum atomic E-state index is 12.7. The summed E-state index contributed by atoms with van der Waals surface area (Å²) in [6.07, 6.45) is 0. The van der Waals surface area contributed by atoms with Crippen LogP contribution in [0.2, 0.25) is 0 Å². The highest BCUT2D eigenvalue weighted by Gasteiger charge is 2.28. The number of anilines is 1. The van der Waals surface area contributed by atoms with Crippen molar-refractivity contribution in [2.45, 2.75) is 11.8 Å². The third-order valence-corrected chi connectivity index (χ3v) is 6.17. The molecule has 1 N–H and O–H groups in total. The van der Waals surface area contributed by atoms with Gasteiger partial charge in [0.15, 0.2) is 0 Å². The summed E-state index contributed by atoms with van der Waals surface area (Å²) in [5, 5.41) is 1.62. The Morgan fingerprint density at radius 2 is 1.83 bits per heavy atom. The molecule has 2 heterocycles. The number of carbonyl (C=O) groups excluding carboxylic acids is 1. The molecule has 0 unspecified atom stereocenters. The lowest BCUT2D eigenvalue weighted by Crippen LogP contribution is -2.40. The molecule has 0 saturated carbocycles. The average molecular weight is 366 g/mol. The summed E-state index contributed by atoms with van der Waals surface area (Å²) in [5.74, 6) is -0.266. The molecule has 1 fully saturated rings. The van der Waals surface area contributed by atoms with Crippen molar-refractivity contribution in [3.8, 4) is 0 Å². The zero-order chi connectivity index (χ0) is 17.2. The largest absolute Gasteiger partial charge is 0.378 e. The summed E-state index contributed by atoms with van der Waals surface area (Å²) < 4.78 is 33.1. The summed E-state index contributed by atoms with van der Waals surface area (Å²) in [7, 11) is -3.82. The molecule has 8 heteroatoms. The third-order valence-electron chi connectivity index (χ3n) is 3.71. The molecule has 128 valence electrons. The fraction of sp³-hybridized carbons (Fsp3) is 0.312. The number of ether oxygens (including phenoxy) is 1. The minimum absolute atomic E-state index is 0.0181. The Labute approximate surface area is 145 Å². The van der Waals surface area contributed by atoms with Crippen molar-refractivity contribution >= 4 is 33.0 Å². The molecule has 1 aromatic carbocycles. The van der Waals surface area contributed by atoms with Gasteiger partial charge in [-0.3, -0.25) is 9.52 Å². The van der Waals surface area contributed by atoms with Crippen molar-refractivity contribution < 1.29 is 17.9 Å². The molecule has 1 aliphatic heterocycles. The van der Waals surface area contributed by atoms with Gasteiger partial charge in [-0.15, -0.1) is 11.3 Å². The Balaban J connectivity index is 1.85. The van der Waals surface area contributed by atoms with Crippen LogP contribution < -0.4 is 4.72 Å². The Hall–Kier alpha value is -1.90. The van der Waals surface area contributed by atoms with E-state index in [1.807, 2.05) is 19.1 Å². The van der Waals surface area contributed by atoms with E-state index >= 15 is 0 Å². The number of carbonyl (C=O) groups is 1. The van der Waals surface area contributed by atoms with Crippen LogP contribution >= 0.6 is 11.3 Å². The first-order chi connectivity index (χ1) is 11.5. The van der Waals surface area contributed by atoms with Crippen LogP contribution in [0.3, 0.4) is 0 Å². The molecule has 1 amide bonds. The van der Waals surface area contributed by atoms with Crippen LogP contribution in [0, 0.1) is 6.92 Å². The van der Waals surface area contributed by atoms with Crippen LogP contribution in [-0.4, -0.2) is 45.5 Å². The number of thiophene rings is 1. The van der Waals surface area contributed by atoms with Crippen molar-refractivity contribution in [3.05, 3.63) is 46.2 Å². The molecule has 0 aliphatic carbocycles. The van der Waals surface area contributed by atoms with Crippen LogP contribution in [0.1, 0.15) is 15.2 Å². The zero-order valence-corrected chi connectivity index (χ0v) is 14.8. The number of amides is 1. The predicted molar refractivity (Wildman–Crippen MR) is 93.0 cm³/mol. The predicted octanol–water partition coefficient (Wildman–Crippen LogP) is 2.33. The van der Waals surface area contributed by atoms with E-state index in [2.05, 4.69) is 4.72 Å². The van der Waals surface area contributed by atoms with Crippen LogP contribution in [-0.2, 0) is 14.8 Å². The fourth-order valence-corrected chi connectivity index (χ4v) is 4.86. The smallest absolute Gasteiger partial charge is 0.265 e. The molecule has 3 rings (SSSR count). The summed E-state index contributed by atoms with van der Waals surface area (Å²) in [5.41, 5.74) is 1.51. The standard InChI is InChI=1S/C16H18N2O4S2/c1-12-2-4-13(5-3-12)17-24(20,21)14-6-11-23-15(14)16(19)18-7-9-22-10-8-18/h2-6,11,17H,7-10H2,1H3.